The zero-order valence-corrected chi connectivity index (χ0v) is 14.2. The van der Waals surface area contributed by atoms with E-state index < -0.39 is 28.2 Å². The first-order valence-electron chi connectivity index (χ1n) is 6.58. The maximum atomic E-state index is 13.5. The second kappa shape index (κ2) is 8.18. The van der Waals surface area contributed by atoms with Gasteiger partial charge in [0.15, 0.2) is 29.0 Å². The number of thioether (sulfide) groups is 1. The van der Waals surface area contributed by atoms with Crippen molar-refractivity contribution in [1.29, 1.82) is 0 Å². The van der Waals surface area contributed by atoms with Crippen molar-refractivity contribution in [2.24, 2.45) is 0 Å². The maximum Gasteiger partial charge on any atom is 0.175 e. The minimum atomic E-state index is -1.45. The predicted molar refractivity (Wildman–Crippen MR) is 85.2 cm³/mol. The summed E-state index contributed by atoms with van der Waals surface area (Å²) in [5.41, 5.74) is 0. The van der Waals surface area contributed by atoms with E-state index in [9.17, 15) is 22.7 Å². The summed E-state index contributed by atoms with van der Waals surface area (Å²) in [6, 6.07) is 2.66. The molecule has 1 N–H and O–H groups in total. The van der Waals surface area contributed by atoms with E-state index in [4.69, 9.17) is 27.9 Å². The van der Waals surface area contributed by atoms with Crippen molar-refractivity contribution in [2.45, 2.75) is 11.3 Å². The third-order valence-electron chi connectivity index (χ3n) is 2.84. The van der Waals surface area contributed by atoms with E-state index in [0.717, 1.165) is 0 Å². The van der Waals surface area contributed by atoms with Crippen LogP contribution in [0.1, 0.15) is 6.42 Å². The molecule has 0 aliphatic rings. The average molecular weight is 401 g/mol. The number of halogens is 6. The Morgan fingerprint density at radius 1 is 0.958 bits per heavy atom. The quantitative estimate of drug-likeness (QED) is 0.287. The van der Waals surface area contributed by atoms with E-state index in [-0.39, 0.29) is 40.0 Å². The smallest absolute Gasteiger partial charge is 0.175 e. The van der Waals surface area contributed by atoms with Crippen molar-refractivity contribution < 1.29 is 27.4 Å². The number of benzene rings is 2. The van der Waals surface area contributed by atoms with Crippen molar-refractivity contribution >= 4 is 35.0 Å². The van der Waals surface area contributed by atoms with Crippen LogP contribution in [0, 0.1) is 23.3 Å². The fourth-order valence-electron chi connectivity index (χ4n) is 1.77. The summed E-state index contributed by atoms with van der Waals surface area (Å²) < 4.78 is 58.4. The molecule has 24 heavy (non-hydrogen) atoms. The third kappa shape index (κ3) is 4.40. The number of hydrogen-bond donors (Lipinski definition) is 1. The average Bonchev–Trinajstić information content (AvgIpc) is 2.50. The Kier molecular flexibility index (Phi) is 6.48. The lowest BCUT2D eigenvalue weighted by Gasteiger charge is -2.10. The van der Waals surface area contributed by atoms with Crippen molar-refractivity contribution in [3.05, 3.63) is 51.5 Å². The highest BCUT2D eigenvalue weighted by Crippen LogP contribution is 2.36. The minimum absolute atomic E-state index is 0.0955. The molecule has 0 amide bonds. The van der Waals surface area contributed by atoms with E-state index in [0.29, 0.717) is 18.2 Å². The standard InChI is InChI=1S/C15H10Cl2F4O2S/c16-8-4-7(22)5-9(17)14(8)23-2-1-3-24-15-12(20)10(18)6-11(19)13(15)21/h4-6,22H,1-3H2. The molecule has 0 saturated heterocycles. The van der Waals surface area contributed by atoms with Gasteiger partial charge in [0.2, 0.25) is 0 Å². The van der Waals surface area contributed by atoms with Crippen LogP contribution >= 0.6 is 35.0 Å². The van der Waals surface area contributed by atoms with E-state index in [1.54, 1.807) is 0 Å². The molecule has 2 aromatic rings. The third-order valence-corrected chi connectivity index (χ3v) is 4.54. The first-order valence-corrected chi connectivity index (χ1v) is 8.32. The number of phenolic OH excluding ortho intramolecular Hbond substituents is 1. The van der Waals surface area contributed by atoms with Crippen LogP contribution in [0.25, 0.3) is 0 Å². The van der Waals surface area contributed by atoms with Gasteiger partial charge in [0.05, 0.1) is 21.5 Å². The molecule has 0 heterocycles. The molecule has 0 aliphatic carbocycles. The normalized spacial score (nSPS) is 10.9. The van der Waals surface area contributed by atoms with Crippen molar-refractivity contribution in [3.63, 3.8) is 0 Å². The van der Waals surface area contributed by atoms with E-state index in [1.807, 2.05) is 0 Å². The molecule has 0 spiro atoms. The SMILES string of the molecule is Oc1cc(Cl)c(OCCCSc2c(F)c(F)cc(F)c2F)c(Cl)c1. The van der Waals surface area contributed by atoms with Crippen LogP contribution in [0.5, 0.6) is 11.5 Å². The zero-order valence-electron chi connectivity index (χ0n) is 11.9. The lowest BCUT2D eigenvalue weighted by atomic mass is 10.3. The highest BCUT2D eigenvalue weighted by Gasteiger charge is 2.19. The lowest BCUT2D eigenvalue weighted by molar-refractivity contribution is 0.318. The molecular weight excluding hydrogens is 391 g/mol. The van der Waals surface area contributed by atoms with Crippen LogP contribution < -0.4 is 4.74 Å². The second-order valence-electron chi connectivity index (χ2n) is 4.59. The number of rotatable bonds is 6. The molecular formula is C15H10Cl2F4O2S. The van der Waals surface area contributed by atoms with Gasteiger partial charge >= 0.3 is 0 Å². The number of aromatic hydroxyl groups is 1. The summed E-state index contributed by atoms with van der Waals surface area (Å²) in [6.07, 6.45) is 0.301. The number of phenols is 1. The molecule has 130 valence electrons. The zero-order chi connectivity index (χ0) is 17.9. The van der Waals surface area contributed by atoms with Crippen LogP contribution in [-0.2, 0) is 0 Å². The monoisotopic (exact) mass is 400 g/mol. The molecule has 0 aromatic heterocycles. The highest BCUT2D eigenvalue weighted by atomic mass is 35.5. The molecule has 2 aromatic carbocycles. The summed E-state index contributed by atoms with van der Waals surface area (Å²) in [7, 11) is 0. The second-order valence-corrected chi connectivity index (χ2v) is 6.51. The Morgan fingerprint density at radius 3 is 2.04 bits per heavy atom. The molecule has 0 radical (unpaired) electrons. The van der Waals surface area contributed by atoms with Crippen LogP contribution in [0.15, 0.2) is 23.1 Å². The van der Waals surface area contributed by atoms with Gasteiger partial charge in [0.1, 0.15) is 5.75 Å². The van der Waals surface area contributed by atoms with Gasteiger partial charge < -0.3 is 9.84 Å². The summed E-state index contributed by atoms with van der Waals surface area (Å²) in [5, 5.41) is 9.51. The van der Waals surface area contributed by atoms with Gasteiger partial charge in [-0.15, -0.1) is 11.8 Å². The molecule has 0 unspecified atom stereocenters. The maximum absolute atomic E-state index is 13.5. The number of ether oxygens (including phenoxy) is 1. The molecule has 0 saturated carbocycles. The Balaban J connectivity index is 1.91. The van der Waals surface area contributed by atoms with Gasteiger partial charge in [-0.05, 0) is 6.42 Å². The summed E-state index contributed by atoms with van der Waals surface area (Å²) in [4.78, 5) is -0.715. The molecule has 2 nitrogen and oxygen atoms in total. The summed E-state index contributed by atoms with van der Waals surface area (Å²) >= 11 is 12.4. The first-order chi connectivity index (χ1) is 11.3. The largest absolute Gasteiger partial charge is 0.508 e. The Labute approximate surface area is 149 Å². The number of hydrogen-bond acceptors (Lipinski definition) is 3. The Bertz CT molecular complexity index is 709. The fourth-order valence-corrected chi connectivity index (χ4v) is 3.27. The molecule has 2 rings (SSSR count). The topological polar surface area (TPSA) is 29.5 Å². The van der Waals surface area contributed by atoms with Crippen molar-refractivity contribution in [3.8, 4) is 11.5 Å². The summed E-state index contributed by atoms with van der Waals surface area (Å²) in [6.45, 7) is 0.0955. The van der Waals surface area contributed by atoms with E-state index in [2.05, 4.69) is 0 Å². The van der Waals surface area contributed by atoms with Crippen LogP contribution in [0.3, 0.4) is 0 Å². The van der Waals surface area contributed by atoms with Crippen LogP contribution in [-0.4, -0.2) is 17.5 Å². The van der Waals surface area contributed by atoms with Gasteiger partial charge in [-0.1, -0.05) is 23.2 Å². The van der Waals surface area contributed by atoms with Gasteiger partial charge in [0.25, 0.3) is 0 Å². The molecule has 0 aliphatic heterocycles. The van der Waals surface area contributed by atoms with Crippen LogP contribution in [0.4, 0.5) is 17.6 Å². The van der Waals surface area contributed by atoms with Crippen molar-refractivity contribution in [1.82, 2.24) is 0 Å². The van der Waals surface area contributed by atoms with Gasteiger partial charge in [0, 0.05) is 24.0 Å². The lowest BCUT2D eigenvalue weighted by Crippen LogP contribution is -2.02. The minimum Gasteiger partial charge on any atom is -0.508 e. The molecule has 9 heteroatoms. The van der Waals surface area contributed by atoms with Gasteiger partial charge in [-0.3, -0.25) is 0 Å². The van der Waals surface area contributed by atoms with E-state index >= 15 is 0 Å². The highest BCUT2D eigenvalue weighted by molar-refractivity contribution is 7.99. The van der Waals surface area contributed by atoms with Crippen LogP contribution in [0.2, 0.25) is 10.0 Å². The molecule has 0 bridgehead atoms. The predicted octanol–water partition coefficient (Wildman–Crippen LogP) is 5.82. The van der Waals surface area contributed by atoms with Gasteiger partial charge in [-0.25, -0.2) is 17.6 Å². The fraction of sp³-hybridized carbons (Fsp3) is 0.200. The first kappa shape index (κ1) is 19.0. The molecule has 0 fully saturated rings. The Hall–Kier alpha value is -1.31. The van der Waals surface area contributed by atoms with E-state index in [1.165, 1.54) is 12.1 Å². The van der Waals surface area contributed by atoms with Crippen molar-refractivity contribution in [2.75, 3.05) is 12.4 Å². The van der Waals surface area contributed by atoms with Gasteiger partial charge in [-0.2, -0.15) is 0 Å². The molecule has 0 atom stereocenters. The Morgan fingerprint density at radius 2 is 1.50 bits per heavy atom. The summed E-state index contributed by atoms with van der Waals surface area (Å²) in [5.74, 6) is -5.56.